The summed E-state index contributed by atoms with van der Waals surface area (Å²) in [6.45, 7) is 15.0. The molecule has 0 bridgehead atoms. The van der Waals surface area contributed by atoms with E-state index in [1.165, 1.54) is 0 Å². The minimum atomic E-state index is -1.71. The van der Waals surface area contributed by atoms with Gasteiger partial charge in [-0.25, -0.2) is 0 Å². The number of hydrogen-bond donors (Lipinski definition) is 1. The molecule has 0 aromatic rings. The predicted octanol–water partition coefficient (Wildman–Crippen LogP) is 3.17. The molecule has 0 unspecified atom stereocenters. The van der Waals surface area contributed by atoms with Gasteiger partial charge in [-0.05, 0) is 31.5 Å². The molecule has 2 atom stereocenters. The summed E-state index contributed by atoms with van der Waals surface area (Å²) in [6, 6.07) is 0. The van der Waals surface area contributed by atoms with Gasteiger partial charge in [0, 0.05) is 0 Å². The lowest BCUT2D eigenvalue weighted by atomic mass is 10.2. The number of hydrogen-bond acceptors (Lipinski definition) is 2. The van der Waals surface area contributed by atoms with Gasteiger partial charge < -0.3 is 9.53 Å². The molecule has 0 radical (unpaired) electrons. The largest absolute Gasteiger partial charge is 0.411 e. The van der Waals surface area contributed by atoms with Crippen molar-refractivity contribution in [3.63, 3.8) is 0 Å². The smallest absolute Gasteiger partial charge is 0.192 e. The van der Waals surface area contributed by atoms with E-state index in [0.29, 0.717) is 0 Å². The Bertz CT molecular complexity index is 171. The van der Waals surface area contributed by atoms with Crippen molar-refractivity contribution in [3.05, 3.63) is 0 Å². The Balaban J connectivity index is 4.48. The van der Waals surface area contributed by atoms with Gasteiger partial charge in [-0.15, -0.1) is 0 Å². The first kappa shape index (κ1) is 14.1. The zero-order valence-corrected chi connectivity index (χ0v) is 11.7. The maximum Gasteiger partial charge on any atom is 0.192 e. The van der Waals surface area contributed by atoms with Crippen LogP contribution in [-0.2, 0) is 4.43 Å². The van der Waals surface area contributed by atoms with E-state index < -0.39 is 8.32 Å². The Morgan fingerprint density at radius 1 is 1.29 bits per heavy atom. The lowest BCUT2D eigenvalue weighted by Crippen LogP contribution is -2.46. The molecule has 0 fully saturated rings. The molecule has 86 valence electrons. The maximum atomic E-state index is 9.54. The van der Waals surface area contributed by atoms with E-state index in [0.717, 1.165) is 6.42 Å². The first-order valence-electron chi connectivity index (χ1n) is 5.47. The first-order valence-corrected chi connectivity index (χ1v) is 8.38. The Morgan fingerprint density at radius 2 is 1.71 bits per heavy atom. The summed E-state index contributed by atoms with van der Waals surface area (Å²) in [5.74, 6) is 0. The van der Waals surface area contributed by atoms with Crippen LogP contribution in [0.15, 0.2) is 0 Å². The van der Waals surface area contributed by atoms with Gasteiger partial charge in [0.25, 0.3) is 0 Å². The van der Waals surface area contributed by atoms with Crippen molar-refractivity contribution in [2.45, 2.75) is 71.4 Å². The van der Waals surface area contributed by atoms with E-state index >= 15 is 0 Å². The standard InChI is InChI=1S/C11H26O2Si/c1-8-10(9(2)12)13-14(6,7)11(3,4)5/h9-10,12H,8H2,1-7H3/t9-,10-/m1/s1. The van der Waals surface area contributed by atoms with Crippen LogP contribution in [-0.4, -0.2) is 25.6 Å². The lowest BCUT2D eigenvalue weighted by Gasteiger charge is -2.39. The van der Waals surface area contributed by atoms with E-state index in [-0.39, 0.29) is 17.2 Å². The minimum absolute atomic E-state index is 0.00380. The van der Waals surface area contributed by atoms with Gasteiger partial charge in [0.15, 0.2) is 8.32 Å². The molecule has 2 nitrogen and oxygen atoms in total. The van der Waals surface area contributed by atoms with Crippen LogP contribution in [0.5, 0.6) is 0 Å². The fourth-order valence-electron chi connectivity index (χ4n) is 1.08. The minimum Gasteiger partial charge on any atom is -0.411 e. The van der Waals surface area contributed by atoms with Gasteiger partial charge in [-0.2, -0.15) is 0 Å². The summed E-state index contributed by atoms with van der Waals surface area (Å²) < 4.78 is 6.10. The third-order valence-electron chi connectivity index (χ3n) is 3.19. The summed E-state index contributed by atoms with van der Waals surface area (Å²) in [5, 5.41) is 9.76. The highest BCUT2D eigenvalue weighted by Crippen LogP contribution is 2.37. The second kappa shape index (κ2) is 4.77. The molecular weight excluding hydrogens is 192 g/mol. The summed E-state index contributed by atoms with van der Waals surface area (Å²) in [5.41, 5.74) is 0. The quantitative estimate of drug-likeness (QED) is 0.734. The van der Waals surface area contributed by atoms with Gasteiger partial charge in [0.05, 0.1) is 12.2 Å². The predicted molar refractivity (Wildman–Crippen MR) is 64.0 cm³/mol. The summed E-state index contributed by atoms with van der Waals surface area (Å²) in [6.07, 6.45) is 0.509. The Kier molecular flexibility index (Phi) is 4.82. The summed E-state index contributed by atoms with van der Waals surface area (Å²) in [4.78, 5) is 0. The number of aliphatic hydroxyl groups excluding tert-OH is 1. The van der Waals surface area contributed by atoms with Crippen LogP contribution in [0.25, 0.3) is 0 Å². The third-order valence-corrected chi connectivity index (χ3v) is 7.70. The molecule has 0 aliphatic heterocycles. The highest BCUT2D eigenvalue weighted by molar-refractivity contribution is 6.74. The van der Waals surface area contributed by atoms with E-state index in [9.17, 15) is 5.11 Å². The Hall–Kier alpha value is 0.137. The molecule has 0 aromatic heterocycles. The highest BCUT2D eigenvalue weighted by atomic mass is 28.4. The fourth-order valence-corrected chi connectivity index (χ4v) is 2.55. The normalized spacial score (nSPS) is 18.0. The molecule has 14 heavy (non-hydrogen) atoms. The monoisotopic (exact) mass is 218 g/mol. The topological polar surface area (TPSA) is 29.5 Å². The summed E-state index contributed by atoms with van der Waals surface area (Å²) >= 11 is 0. The number of aliphatic hydroxyl groups is 1. The third kappa shape index (κ3) is 3.71. The molecule has 0 aliphatic rings. The van der Waals surface area contributed by atoms with Crippen LogP contribution in [0, 0.1) is 0 Å². The molecule has 0 aliphatic carbocycles. The van der Waals surface area contributed by atoms with E-state index in [1.54, 1.807) is 6.92 Å². The van der Waals surface area contributed by atoms with Gasteiger partial charge in [0.2, 0.25) is 0 Å². The first-order chi connectivity index (χ1) is 6.12. The molecule has 0 aromatic carbocycles. The Labute approximate surface area is 89.8 Å². The van der Waals surface area contributed by atoms with Crippen molar-refractivity contribution in [1.29, 1.82) is 0 Å². The van der Waals surface area contributed by atoms with E-state index in [1.807, 2.05) is 0 Å². The molecule has 1 N–H and O–H groups in total. The van der Waals surface area contributed by atoms with E-state index in [4.69, 9.17) is 4.43 Å². The van der Waals surface area contributed by atoms with Crippen molar-refractivity contribution in [3.8, 4) is 0 Å². The molecule has 0 saturated carbocycles. The van der Waals surface area contributed by atoms with Crippen molar-refractivity contribution >= 4 is 8.32 Å². The van der Waals surface area contributed by atoms with Crippen molar-refractivity contribution in [2.75, 3.05) is 0 Å². The zero-order valence-electron chi connectivity index (χ0n) is 10.7. The van der Waals surface area contributed by atoms with Crippen LogP contribution in [0.2, 0.25) is 18.1 Å². The molecule has 0 saturated heterocycles. The van der Waals surface area contributed by atoms with Gasteiger partial charge in [0.1, 0.15) is 0 Å². The average molecular weight is 218 g/mol. The zero-order chi connectivity index (χ0) is 11.6. The van der Waals surface area contributed by atoms with Crippen LogP contribution in [0.1, 0.15) is 41.0 Å². The SMILES string of the molecule is CC[C@@H](O[Si](C)(C)C(C)(C)C)[C@@H](C)O. The van der Waals surface area contributed by atoms with E-state index in [2.05, 4.69) is 40.8 Å². The second-order valence-electron chi connectivity index (χ2n) is 5.57. The van der Waals surface area contributed by atoms with Gasteiger partial charge in [-0.1, -0.05) is 27.7 Å². The molecule has 0 heterocycles. The van der Waals surface area contributed by atoms with Crippen molar-refractivity contribution < 1.29 is 9.53 Å². The Morgan fingerprint density at radius 3 is 1.93 bits per heavy atom. The van der Waals surface area contributed by atoms with Crippen LogP contribution < -0.4 is 0 Å². The van der Waals surface area contributed by atoms with Crippen LogP contribution in [0.3, 0.4) is 0 Å². The van der Waals surface area contributed by atoms with Crippen LogP contribution in [0.4, 0.5) is 0 Å². The fraction of sp³-hybridized carbons (Fsp3) is 1.00. The van der Waals surface area contributed by atoms with Crippen LogP contribution >= 0.6 is 0 Å². The average Bonchev–Trinajstić information content (AvgIpc) is 1.97. The summed E-state index contributed by atoms with van der Waals surface area (Å²) in [7, 11) is -1.71. The maximum absolute atomic E-state index is 9.54. The second-order valence-corrected chi connectivity index (χ2v) is 10.3. The molecule has 0 spiro atoms. The van der Waals surface area contributed by atoms with Gasteiger partial charge >= 0.3 is 0 Å². The van der Waals surface area contributed by atoms with Gasteiger partial charge in [-0.3, -0.25) is 0 Å². The molecule has 0 amide bonds. The van der Waals surface area contributed by atoms with Crippen molar-refractivity contribution in [1.82, 2.24) is 0 Å². The molecule has 3 heteroatoms. The molecule has 0 rings (SSSR count). The lowest BCUT2D eigenvalue weighted by molar-refractivity contribution is 0.0372. The molecular formula is C11H26O2Si. The number of rotatable bonds is 4. The van der Waals surface area contributed by atoms with Crippen molar-refractivity contribution in [2.24, 2.45) is 0 Å². The highest BCUT2D eigenvalue weighted by Gasteiger charge is 2.39.